The van der Waals surface area contributed by atoms with Crippen LogP contribution in [0.25, 0.3) is 0 Å². The zero-order valence-corrected chi connectivity index (χ0v) is 12.2. The molecule has 1 aromatic carbocycles. The first-order valence-electron chi connectivity index (χ1n) is 4.99. The van der Waals surface area contributed by atoms with Crippen LogP contribution in [0.15, 0.2) is 22.7 Å². The van der Waals surface area contributed by atoms with E-state index in [0.717, 1.165) is 6.42 Å². The van der Waals surface area contributed by atoms with Crippen LogP contribution in [0.2, 0.25) is 0 Å². The van der Waals surface area contributed by atoms with Crippen molar-refractivity contribution < 1.29 is 17.9 Å². The van der Waals surface area contributed by atoms with E-state index in [0.29, 0.717) is 16.8 Å². The van der Waals surface area contributed by atoms with Crippen LogP contribution in [-0.4, -0.2) is 12.8 Å². The minimum Gasteiger partial charge on any atom is -0.492 e. The molecule has 0 radical (unpaired) electrons. The fourth-order valence-corrected chi connectivity index (χ4v) is 1.99. The van der Waals surface area contributed by atoms with Crippen LogP contribution in [0.4, 0.5) is 13.2 Å². The number of benzene rings is 1. The molecule has 1 aromatic rings. The summed E-state index contributed by atoms with van der Waals surface area (Å²) < 4.78 is 43.3. The Labute approximate surface area is 115 Å². The first-order chi connectivity index (χ1) is 7.86. The number of alkyl halides is 4. The molecule has 0 bridgehead atoms. The normalized spacial score (nSPS) is 13.5. The van der Waals surface area contributed by atoms with Gasteiger partial charge in [-0.3, -0.25) is 0 Å². The van der Waals surface area contributed by atoms with Crippen molar-refractivity contribution in [2.45, 2.75) is 24.3 Å². The molecule has 0 aliphatic rings. The van der Waals surface area contributed by atoms with Gasteiger partial charge in [-0.1, -0.05) is 28.9 Å². The predicted molar refractivity (Wildman–Crippen MR) is 67.7 cm³/mol. The number of halogens is 5. The molecule has 0 aliphatic heterocycles. The van der Waals surface area contributed by atoms with Crippen molar-refractivity contribution in [2.24, 2.45) is 0 Å². The van der Waals surface area contributed by atoms with Gasteiger partial charge in [0.2, 0.25) is 0 Å². The maximum absolute atomic E-state index is 12.5. The van der Waals surface area contributed by atoms with Crippen LogP contribution in [-0.2, 0) is 0 Å². The summed E-state index contributed by atoms with van der Waals surface area (Å²) in [4.78, 5) is -1.66. The SMILES string of the molecule is CCCOc1ccc(C(Br)C(F)(F)F)cc1Br. The van der Waals surface area contributed by atoms with E-state index >= 15 is 0 Å². The van der Waals surface area contributed by atoms with Gasteiger partial charge in [0.1, 0.15) is 10.6 Å². The molecule has 0 amide bonds. The molecular formula is C11H11Br2F3O. The van der Waals surface area contributed by atoms with Gasteiger partial charge in [0.05, 0.1) is 11.1 Å². The van der Waals surface area contributed by atoms with Gasteiger partial charge < -0.3 is 4.74 Å². The summed E-state index contributed by atoms with van der Waals surface area (Å²) in [6, 6.07) is 4.36. The second-order valence-electron chi connectivity index (χ2n) is 3.44. The van der Waals surface area contributed by atoms with E-state index in [4.69, 9.17) is 4.74 Å². The van der Waals surface area contributed by atoms with E-state index in [1.807, 2.05) is 6.92 Å². The van der Waals surface area contributed by atoms with Gasteiger partial charge in [-0.2, -0.15) is 13.2 Å². The molecule has 0 N–H and O–H groups in total. The average molecular weight is 376 g/mol. The van der Waals surface area contributed by atoms with E-state index in [1.165, 1.54) is 18.2 Å². The molecule has 0 heterocycles. The van der Waals surface area contributed by atoms with Gasteiger partial charge in [0.25, 0.3) is 0 Å². The topological polar surface area (TPSA) is 9.23 Å². The lowest BCUT2D eigenvalue weighted by Crippen LogP contribution is -2.15. The Kier molecular flexibility index (Phi) is 5.31. The third-order valence-electron chi connectivity index (χ3n) is 2.00. The minimum atomic E-state index is -4.30. The van der Waals surface area contributed by atoms with Crippen LogP contribution in [0, 0.1) is 0 Å². The molecule has 1 unspecified atom stereocenters. The van der Waals surface area contributed by atoms with E-state index in [-0.39, 0.29) is 5.56 Å². The molecule has 1 nitrogen and oxygen atoms in total. The summed E-state index contributed by atoms with van der Waals surface area (Å²) in [5.41, 5.74) is 0.147. The van der Waals surface area contributed by atoms with Crippen LogP contribution in [0.5, 0.6) is 5.75 Å². The Morgan fingerprint density at radius 3 is 2.47 bits per heavy atom. The summed E-state index contributed by atoms with van der Waals surface area (Å²) in [7, 11) is 0. The van der Waals surface area contributed by atoms with Crippen molar-refractivity contribution in [1.29, 1.82) is 0 Å². The van der Waals surface area contributed by atoms with E-state index in [1.54, 1.807) is 0 Å². The van der Waals surface area contributed by atoms with Gasteiger partial charge in [-0.15, -0.1) is 0 Å². The van der Waals surface area contributed by atoms with Crippen LogP contribution in [0.1, 0.15) is 23.7 Å². The first kappa shape index (κ1) is 14.8. The number of hydrogen-bond acceptors (Lipinski definition) is 1. The summed E-state index contributed by atoms with van der Waals surface area (Å²) in [5.74, 6) is 0.553. The molecular weight excluding hydrogens is 365 g/mol. The Morgan fingerprint density at radius 1 is 1.35 bits per heavy atom. The second-order valence-corrected chi connectivity index (χ2v) is 5.21. The highest BCUT2D eigenvalue weighted by molar-refractivity contribution is 9.10. The maximum atomic E-state index is 12.5. The zero-order valence-electron chi connectivity index (χ0n) is 9.02. The van der Waals surface area contributed by atoms with Crippen LogP contribution in [0.3, 0.4) is 0 Å². The molecule has 17 heavy (non-hydrogen) atoms. The third-order valence-corrected chi connectivity index (χ3v) is 3.67. The quantitative estimate of drug-likeness (QED) is 0.654. The van der Waals surface area contributed by atoms with Gasteiger partial charge in [-0.25, -0.2) is 0 Å². The molecule has 1 atom stereocenters. The Morgan fingerprint density at radius 2 is 2.00 bits per heavy atom. The molecule has 96 valence electrons. The highest BCUT2D eigenvalue weighted by Crippen LogP contribution is 2.41. The van der Waals surface area contributed by atoms with Gasteiger partial charge in [0.15, 0.2) is 0 Å². The van der Waals surface area contributed by atoms with Crippen LogP contribution < -0.4 is 4.74 Å². The lowest BCUT2D eigenvalue weighted by atomic mass is 10.1. The maximum Gasteiger partial charge on any atom is 0.405 e. The molecule has 0 spiro atoms. The fourth-order valence-electron chi connectivity index (χ4n) is 1.19. The highest BCUT2D eigenvalue weighted by Gasteiger charge is 2.38. The summed E-state index contributed by atoms with van der Waals surface area (Å²) in [6.07, 6.45) is -3.46. The number of rotatable bonds is 4. The number of hydrogen-bond donors (Lipinski definition) is 0. The zero-order chi connectivity index (χ0) is 13.1. The smallest absolute Gasteiger partial charge is 0.405 e. The Balaban J connectivity index is 2.89. The molecule has 1 rings (SSSR count). The van der Waals surface area contributed by atoms with Gasteiger partial charge in [-0.05, 0) is 40.0 Å². The predicted octanol–water partition coefficient (Wildman–Crippen LogP) is 5.24. The van der Waals surface area contributed by atoms with Gasteiger partial charge in [0, 0.05) is 0 Å². The third kappa shape index (κ3) is 4.17. The Hall–Kier alpha value is -0.230. The van der Waals surface area contributed by atoms with Crippen molar-refractivity contribution >= 4 is 31.9 Å². The minimum absolute atomic E-state index is 0.147. The summed E-state index contributed by atoms with van der Waals surface area (Å²) in [6.45, 7) is 2.50. The molecule has 0 fully saturated rings. The van der Waals surface area contributed by atoms with Crippen molar-refractivity contribution in [3.63, 3.8) is 0 Å². The largest absolute Gasteiger partial charge is 0.492 e. The second kappa shape index (κ2) is 6.09. The summed E-state index contributed by atoms with van der Waals surface area (Å²) in [5, 5.41) is 0. The van der Waals surface area contributed by atoms with Crippen molar-refractivity contribution in [3.05, 3.63) is 28.2 Å². The average Bonchev–Trinajstić information content (AvgIpc) is 2.25. The standard InChI is InChI=1S/C11H11Br2F3O/c1-2-5-17-9-4-3-7(6-8(9)12)10(13)11(14,15)16/h3-4,6,10H,2,5H2,1H3. The molecule has 0 aromatic heterocycles. The van der Waals surface area contributed by atoms with Crippen molar-refractivity contribution in [2.75, 3.05) is 6.61 Å². The monoisotopic (exact) mass is 374 g/mol. The lowest BCUT2D eigenvalue weighted by molar-refractivity contribution is -0.128. The van der Waals surface area contributed by atoms with E-state index in [9.17, 15) is 13.2 Å². The summed E-state index contributed by atoms with van der Waals surface area (Å²) >= 11 is 5.83. The molecule has 0 saturated carbocycles. The fraction of sp³-hybridized carbons (Fsp3) is 0.455. The lowest BCUT2D eigenvalue weighted by Gasteiger charge is -2.15. The first-order valence-corrected chi connectivity index (χ1v) is 6.70. The van der Waals surface area contributed by atoms with Gasteiger partial charge >= 0.3 is 6.18 Å². The van der Waals surface area contributed by atoms with Crippen LogP contribution >= 0.6 is 31.9 Å². The van der Waals surface area contributed by atoms with E-state index < -0.39 is 11.0 Å². The molecule has 0 saturated heterocycles. The van der Waals surface area contributed by atoms with E-state index in [2.05, 4.69) is 31.9 Å². The Bertz CT molecular complexity index is 379. The van der Waals surface area contributed by atoms with Crippen molar-refractivity contribution in [1.82, 2.24) is 0 Å². The highest BCUT2D eigenvalue weighted by atomic mass is 79.9. The molecule has 0 aliphatic carbocycles. The number of ether oxygens (including phenoxy) is 1. The molecule has 6 heteroatoms. The van der Waals surface area contributed by atoms with Crippen molar-refractivity contribution in [3.8, 4) is 5.75 Å².